The smallest absolute Gasteiger partial charge is 0.0366 e. The van der Waals surface area contributed by atoms with Gasteiger partial charge >= 0.3 is 0 Å². The van der Waals surface area contributed by atoms with Crippen molar-refractivity contribution in [3.63, 3.8) is 0 Å². The summed E-state index contributed by atoms with van der Waals surface area (Å²) in [6, 6.07) is 9.02. The van der Waals surface area contributed by atoms with E-state index in [2.05, 4.69) is 36.1 Å². The van der Waals surface area contributed by atoms with Gasteiger partial charge in [0, 0.05) is 24.8 Å². The summed E-state index contributed by atoms with van der Waals surface area (Å²) in [5.74, 6) is 0. The second-order valence-electron chi connectivity index (χ2n) is 4.68. The average Bonchev–Trinajstić information content (AvgIpc) is 2.83. The first-order valence-corrected chi connectivity index (χ1v) is 6.41. The molecule has 3 heteroatoms. The van der Waals surface area contributed by atoms with Crippen LogP contribution in [-0.2, 0) is 0 Å². The van der Waals surface area contributed by atoms with Crippen molar-refractivity contribution in [3.05, 3.63) is 29.8 Å². The van der Waals surface area contributed by atoms with E-state index in [4.69, 9.17) is 5.73 Å². The van der Waals surface area contributed by atoms with Crippen LogP contribution in [0.15, 0.2) is 24.3 Å². The van der Waals surface area contributed by atoms with Gasteiger partial charge in [0.15, 0.2) is 0 Å². The summed E-state index contributed by atoms with van der Waals surface area (Å²) < 4.78 is 0. The summed E-state index contributed by atoms with van der Waals surface area (Å²) in [4.78, 5) is 2.45. The highest BCUT2D eigenvalue weighted by molar-refractivity contribution is 5.85. The molecular weight excluding hydrogens is 232 g/mol. The van der Waals surface area contributed by atoms with Crippen LogP contribution < -0.4 is 10.6 Å². The van der Waals surface area contributed by atoms with Gasteiger partial charge in [-0.2, -0.15) is 0 Å². The van der Waals surface area contributed by atoms with Crippen molar-refractivity contribution >= 4 is 18.1 Å². The molecule has 1 atom stereocenters. The van der Waals surface area contributed by atoms with Gasteiger partial charge in [0.2, 0.25) is 0 Å². The maximum absolute atomic E-state index is 6.10. The first-order valence-electron chi connectivity index (χ1n) is 6.41. The van der Waals surface area contributed by atoms with E-state index in [-0.39, 0.29) is 18.4 Å². The van der Waals surface area contributed by atoms with Crippen LogP contribution in [0, 0.1) is 0 Å². The molecule has 17 heavy (non-hydrogen) atoms. The Morgan fingerprint density at radius 1 is 1.18 bits per heavy atom. The minimum atomic E-state index is 0. The standard InChI is InChI=1S/C14H22N2.ClH/c1-2-5-14(15)12-6-8-13(9-7-12)16-10-3-4-11-16;/h6-9,14H,2-5,10-11,15H2,1H3;1H/t14-;/m0./s1. The van der Waals surface area contributed by atoms with E-state index in [9.17, 15) is 0 Å². The zero-order chi connectivity index (χ0) is 11.4. The van der Waals surface area contributed by atoms with E-state index in [0.717, 1.165) is 12.8 Å². The summed E-state index contributed by atoms with van der Waals surface area (Å²) in [5, 5.41) is 0. The molecule has 1 aliphatic heterocycles. The topological polar surface area (TPSA) is 29.3 Å². The summed E-state index contributed by atoms with van der Waals surface area (Å²) in [7, 11) is 0. The summed E-state index contributed by atoms with van der Waals surface area (Å²) in [5.41, 5.74) is 8.72. The van der Waals surface area contributed by atoms with E-state index in [1.54, 1.807) is 0 Å². The van der Waals surface area contributed by atoms with Crippen LogP contribution >= 0.6 is 12.4 Å². The Bertz CT molecular complexity index is 317. The SMILES string of the molecule is CCC[C@H](N)c1ccc(N2CCCC2)cc1.Cl. The molecule has 1 fully saturated rings. The highest BCUT2D eigenvalue weighted by Gasteiger charge is 2.12. The van der Waals surface area contributed by atoms with Gasteiger partial charge in [-0.25, -0.2) is 0 Å². The minimum Gasteiger partial charge on any atom is -0.372 e. The van der Waals surface area contributed by atoms with Crippen LogP contribution in [0.2, 0.25) is 0 Å². The lowest BCUT2D eigenvalue weighted by Gasteiger charge is -2.18. The van der Waals surface area contributed by atoms with Crippen LogP contribution in [-0.4, -0.2) is 13.1 Å². The van der Waals surface area contributed by atoms with E-state index in [1.165, 1.54) is 37.2 Å². The molecule has 96 valence electrons. The fourth-order valence-electron chi connectivity index (χ4n) is 2.39. The first kappa shape index (κ1) is 14.3. The van der Waals surface area contributed by atoms with Gasteiger partial charge in [-0.15, -0.1) is 12.4 Å². The third kappa shape index (κ3) is 3.62. The minimum absolute atomic E-state index is 0. The Kier molecular flexibility index (Phi) is 5.79. The normalized spacial score (nSPS) is 16.7. The number of hydrogen-bond acceptors (Lipinski definition) is 2. The van der Waals surface area contributed by atoms with Crippen molar-refractivity contribution in [1.29, 1.82) is 0 Å². The number of halogens is 1. The van der Waals surface area contributed by atoms with Crippen LogP contribution in [0.25, 0.3) is 0 Å². The third-order valence-electron chi connectivity index (χ3n) is 3.39. The summed E-state index contributed by atoms with van der Waals surface area (Å²) >= 11 is 0. The second-order valence-corrected chi connectivity index (χ2v) is 4.68. The van der Waals surface area contributed by atoms with Crippen molar-refractivity contribution in [2.75, 3.05) is 18.0 Å². The maximum atomic E-state index is 6.10. The molecule has 2 N–H and O–H groups in total. The molecular formula is C14H23ClN2. The summed E-state index contributed by atoms with van der Waals surface area (Å²) in [6.07, 6.45) is 4.88. The first-order chi connectivity index (χ1) is 7.81. The highest BCUT2D eigenvalue weighted by atomic mass is 35.5. The Hall–Kier alpha value is -0.730. The largest absolute Gasteiger partial charge is 0.372 e. The van der Waals surface area contributed by atoms with Gasteiger partial charge in [0.1, 0.15) is 0 Å². The van der Waals surface area contributed by atoms with Crippen LogP contribution in [0.1, 0.15) is 44.2 Å². The molecule has 0 amide bonds. The fraction of sp³-hybridized carbons (Fsp3) is 0.571. The molecule has 0 unspecified atom stereocenters. The number of benzene rings is 1. The Labute approximate surface area is 111 Å². The van der Waals surface area contributed by atoms with Crippen molar-refractivity contribution in [2.45, 2.75) is 38.6 Å². The number of hydrogen-bond donors (Lipinski definition) is 1. The second kappa shape index (κ2) is 6.87. The molecule has 0 radical (unpaired) electrons. The van der Waals surface area contributed by atoms with Gasteiger partial charge in [-0.1, -0.05) is 25.5 Å². The van der Waals surface area contributed by atoms with Crippen LogP contribution in [0.3, 0.4) is 0 Å². The molecule has 1 aromatic rings. The van der Waals surface area contributed by atoms with E-state index < -0.39 is 0 Å². The Balaban J connectivity index is 0.00000144. The predicted octanol–water partition coefficient (Wildman–Crippen LogP) is 3.51. The molecule has 2 rings (SSSR count). The van der Waals surface area contributed by atoms with Gasteiger partial charge in [-0.05, 0) is 37.0 Å². The van der Waals surface area contributed by atoms with E-state index in [0.29, 0.717) is 0 Å². The lowest BCUT2D eigenvalue weighted by molar-refractivity contribution is 0.638. The molecule has 1 aromatic carbocycles. The van der Waals surface area contributed by atoms with Crippen molar-refractivity contribution in [1.82, 2.24) is 0 Å². The lowest BCUT2D eigenvalue weighted by atomic mass is 10.0. The molecule has 1 heterocycles. The number of nitrogens with two attached hydrogens (primary N) is 1. The molecule has 0 aliphatic carbocycles. The van der Waals surface area contributed by atoms with Crippen molar-refractivity contribution in [2.24, 2.45) is 5.73 Å². The predicted molar refractivity (Wildman–Crippen MR) is 77.0 cm³/mol. The molecule has 0 bridgehead atoms. The van der Waals surface area contributed by atoms with E-state index >= 15 is 0 Å². The molecule has 0 saturated carbocycles. The van der Waals surface area contributed by atoms with Gasteiger partial charge < -0.3 is 10.6 Å². The number of rotatable bonds is 4. The van der Waals surface area contributed by atoms with Gasteiger partial charge in [0.05, 0.1) is 0 Å². The third-order valence-corrected chi connectivity index (χ3v) is 3.39. The average molecular weight is 255 g/mol. The zero-order valence-electron chi connectivity index (χ0n) is 10.6. The van der Waals surface area contributed by atoms with Crippen LogP contribution in [0.5, 0.6) is 0 Å². The highest BCUT2D eigenvalue weighted by Crippen LogP contribution is 2.23. The Morgan fingerprint density at radius 3 is 2.29 bits per heavy atom. The molecule has 0 aromatic heterocycles. The molecule has 1 aliphatic rings. The quantitative estimate of drug-likeness (QED) is 0.891. The van der Waals surface area contributed by atoms with E-state index in [1.807, 2.05) is 0 Å². The monoisotopic (exact) mass is 254 g/mol. The molecule has 2 nitrogen and oxygen atoms in total. The van der Waals surface area contributed by atoms with Gasteiger partial charge in [0.25, 0.3) is 0 Å². The molecule has 1 saturated heterocycles. The number of anilines is 1. The zero-order valence-corrected chi connectivity index (χ0v) is 11.4. The van der Waals surface area contributed by atoms with Crippen molar-refractivity contribution < 1.29 is 0 Å². The number of nitrogens with zero attached hydrogens (tertiary/aromatic N) is 1. The summed E-state index contributed by atoms with van der Waals surface area (Å²) in [6.45, 7) is 4.60. The fourth-order valence-corrected chi connectivity index (χ4v) is 2.39. The van der Waals surface area contributed by atoms with Gasteiger partial charge in [-0.3, -0.25) is 0 Å². The molecule has 0 spiro atoms. The van der Waals surface area contributed by atoms with Crippen LogP contribution in [0.4, 0.5) is 5.69 Å². The Morgan fingerprint density at radius 2 is 1.76 bits per heavy atom. The van der Waals surface area contributed by atoms with Crippen molar-refractivity contribution in [3.8, 4) is 0 Å². The maximum Gasteiger partial charge on any atom is 0.0366 e. The lowest BCUT2D eigenvalue weighted by Crippen LogP contribution is -2.17.